The lowest BCUT2D eigenvalue weighted by Gasteiger charge is -2.60. The number of methoxy groups -OCH3 is 1. The van der Waals surface area contributed by atoms with Gasteiger partial charge in [-0.1, -0.05) is 20.8 Å². The second-order valence-electron chi connectivity index (χ2n) is 5.77. The van der Waals surface area contributed by atoms with Crippen molar-refractivity contribution >= 4 is 0 Å². The molecule has 1 saturated carbocycles. The molecule has 19 heavy (non-hydrogen) atoms. The highest BCUT2D eigenvalue weighted by Crippen LogP contribution is 2.52. The van der Waals surface area contributed by atoms with Gasteiger partial charge in [-0.3, -0.25) is 0 Å². The van der Waals surface area contributed by atoms with E-state index in [0.717, 1.165) is 25.2 Å². The van der Waals surface area contributed by atoms with Crippen LogP contribution in [0.15, 0.2) is 12.4 Å². The number of ether oxygens (including phenoxy) is 1. The van der Waals surface area contributed by atoms with E-state index in [0.29, 0.717) is 18.1 Å². The van der Waals surface area contributed by atoms with Crippen LogP contribution >= 0.6 is 0 Å². The number of aromatic nitrogens is 2. The summed E-state index contributed by atoms with van der Waals surface area (Å²) in [7, 11) is 3.88. The van der Waals surface area contributed by atoms with Gasteiger partial charge in [-0.25, -0.2) is 4.98 Å². The van der Waals surface area contributed by atoms with Crippen LogP contribution < -0.4 is 5.32 Å². The molecule has 4 heteroatoms. The monoisotopic (exact) mass is 265 g/mol. The molecule has 0 unspecified atom stereocenters. The topological polar surface area (TPSA) is 39.1 Å². The maximum Gasteiger partial charge on any atom is 0.122 e. The highest BCUT2D eigenvalue weighted by molar-refractivity contribution is 5.11. The van der Waals surface area contributed by atoms with E-state index in [2.05, 4.69) is 35.6 Å². The van der Waals surface area contributed by atoms with Gasteiger partial charge < -0.3 is 14.6 Å². The van der Waals surface area contributed by atoms with Crippen molar-refractivity contribution < 1.29 is 4.74 Å². The van der Waals surface area contributed by atoms with Crippen molar-refractivity contribution in [1.82, 2.24) is 14.9 Å². The van der Waals surface area contributed by atoms with Gasteiger partial charge in [0.2, 0.25) is 0 Å². The van der Waals surface area contributed by atoms with Crippen LogP contribution in [0.5, 0.6) is 0 Å². The largest absolute Gasteiger partial charge is 0.380 e. The zero-order valence-corrected chi connectivity index (χ0v) is 12.8. The second kappa shape index (κ2) is 5.63. The van der Waals surface area contributed by atoms with Gasteiger partial charge in [0.1, 0.15) is 5.82 Å². The highest BCUT2D eigenvalue weighted by Gasteiger charge is 2.57. The standard InChI is InChI=1S/C15H27N3O/c1-6-15(7-2)13(11(3)14(15)19-5)17-10-12-16-8-9-18(12)4/h8-9,11,13-14,17H,6-7,10H2,1-5H3/t11-,13-,14+/m1/s1. The van der Waals surface area contributed by atoms with Crippen LogP contribution in [-0.2, 0) is 18.3 Å². The molecule has 0 radical (unpaired) electrons. The van der Waals surface area contributed by atoms with Crippen molar-refractivity contribution in [2.75, 3.05) is 7.11 Å². The third-order valence-electron chi connectivity index (χ3n) is 5.16. The number of aryl methyl sites for hydroxylation is 1. The fraction of sp³-hybridized carbons (Fsp3) is 0.800. The van der Waals surface area contributed by atoms with Gasteiger partial charge in [0.05, 0.1) is 12.6 Å². The predicted molar refractivity (Wildman–Crippen MR) is 76.8 cm³/mol. The number of hydrogen-bond donors (Lipinski definition) is 1. The zero-order valence-electron chi connectivity index (χ0n) is 12.8. The first-order valence-corrected chi connectivity index (χ1v) is 7.33. The minimum absolute atomic E-state index is 0.277. The SMILES string of the molecule is CCC1(CC)[C@H](NCc2nccn2C)[C@@H](C)[C@@H]1OC. The molecule has 3 atom stereocenters. The molecule has 1 heterocycles. The Hall–Kier alpha value is -0.870. The Kier molecular flexibility index (Phi) is 4.31. The van der Waals surface area contributed by atoms with E-state index in [-0.39, 0.29) is 5.41 Å². The molecule has 1 aliphatic carbocycles. The first kappa shape index (κ1) is 14.5. The maximum atomic E-state index is 5.73. The van der Waals surface area contributed by atoms with Gasteiger partial charge in [0.25, 0.3) is 0 Å². The van der Waals surface area contributed by atoms with Crippen LogP contribution in [-0.4, -0.2) is 28.8 Å². The molecule has 1 N–H and O–H groups in total. The molecule has 2 rings (SSSR count). The highest BCUT2D eigenvalue weighted by atomic mass is 16.5. The minimum Gasteiger partial charge on any atom is -0.380 e. The summed E-state index contributed by atoms with van der Waals surface area (Å²) in [6, 6.07) is 0.518. The third-order valence-corrected chi connectivity index (χ3v) is 5.16. The van der Waals surface area contributed by atoms with Gasteiger partial charge in [0.15, 0.2) is 0 Å². The molecule has 0 spiro atoms. The molecule has 108 valence electrons. The number of hydrogen-bond acceptors (Lipinski definition) is 3. The fourth-order valence-corrected chi connectivity index (χ4v) is 3.98. The molecule has 0 aliphatic heterocycles. The molecule has 0 amide bonds. The van der Waals surface area contributed by atoms with E-state index in [1.807, 2.05) is 26.6 Å². The zero-order chi connectivity index (χ0) is 14.0. The van der Waals surface area contributed by atoms with Gasteiger partial charge in [-0.15, -0.1) is 0 Å². The Morgan fingerprint density at radius 1 is 1.42 bits per heavy atom. The Balaban J connectivity index is 2.05. The molecule has 0 bridgehead atoms. The summed E-state index contributed by atoms with van der Waals surface area (Å²) in [5.41, 5.74) is 0.277. The van der Waals surface area contributed by atoms with E-state index in [4.69, 9.17) is 4.74 Å². The van der Waals surface area contributed by atoms with Gasteiger partial charge in [-0.05, 0) is 18.8 Å². The van der Waals surface area contributed by atoms with Crippen molar-refractivity contribution in [3.8, 4) is 0 Å². The molecular weight excluding hydrogens is 238 g/mol. The van der Waals surface area contributed by atoms with E-state index in [9.17, 15) is 0 Å². The van der Waals surface area contributed by atoms with E-state index in [1.54, 1.807) is 0 Å². The predicted octanol–water partition coefficient (Wildman–Crippen LogP) is 2.35. The number of imidazole rings is 1. The second-order valence-corrected chi connectivity index (χ2v) is 5.77. The summed E-state index contributed by atoms with van der Waals surface area (Å²) in [6.07, 6.45) is 6.54. The van der Waals surface area contributed by atoms with Gasteiger partial charge in [-0.2, -0.15) is 0 Å². The molecule has 1 aromatic heterocycles. The molecule has 1 fully saturated rings. The smallest absolute Gasteiger partial charge is 0.122 e. The summed E-state index contributed by atoms with van der Waals surface area (Å²) in [5.74, 6) is 1.65. The summed E-state index contributed by atoms with van der Waals surface area (Å²) in [6.45, 7) is 7.66. The van der Waals surface area contributed by atoms with Crippen LogP contribution in [0.25, 0.3) is 0 Å². The van der Waals surface area contributed by atoms with Gasteiger partial charge in [0, 0.05) is 38.0 Å². The van der Waals surface area contributed by atoms with Crippen LogP contribution in [0.4, 0.5) is 0 Å². The Bertz CT molecular complexity index is 411. The first-order valence-electron chi connectivity index (χ1n) is 7.33. The van der Waals surface area contributed by atoms with Crippen LogP contribution in [0.2, 0.25) is 0 Å². The number of rotatable bonds is 6. The molecule has 0 aromatic carbocycles. The van der Waals surface area contributed by atoms with E-state index < -0.39 is 0 Å². The van der Waals surface area contributed by atoms with Crippen molar-refractivity contribution in [1.29, 1.82) is 0 Å². The summed E-state index contributed by atoms with van der Waals surface area (Å²) in [4.78, 5) is 4.38. The number of nitrogens with zero attached hydrogens (tertiary/aromatic N) is 2. The first-order chi connectivity index (χ1) is 9.10. The Labute approximate surface area is 116 Å². The summed E-state index contributed by atoms with van der Waals surface area (Å²) >= 11 is 0. The van der Waals surface area contributed by atoms with Crippen molar-refractivity contribution in [2.24, 2.45) is 18.4 Å². The van der Waals surface area contributed by atoms with Gasteiger partial charge >= 0.3 is 0 Å². The average Bonchev–Trinajstić information content (AvgIpc) is 2.81. The van der Waals surface area contributed by atoms with Crippen molar-refractivity contribution in [2.45, 2.75) is 52.3 Å². The van der Waals surface area contributed by atoms with Crippen LogP contribution in [0.3, 0.4) is 0 Å². The van der Waals surface area contributed by atoms with E-state index in [1.165, 1.54) is 0 Å². The van der Waals surface area contributed by atoms with Crippen molar-refractivity contribution in [3.05, 3.63) is 18.2 Å². The molecule has 4 nitrogen and oxygen atoms in total. The Morgan fingerprint density at radius 2 is 2.11 bits per heavy atom. The quantitative estimate of drug-likeness (QED) is 0.858. The van der Waals surface area contributed by atoms with Crippen LogP contribution in [0.1, 0.15) is 39.4 Å². The number of nitrogens with one attached hydrogen (secondary N) is 1. The lowest BCUT2D eigenvalue weighted by Crippen LogP contribution is -2.69. The maximum absolute atomic E-state index is 5.73. The Morgan fingerprint density at radius 3 is 2.58 bits per heavy atom. The normalized spacial score (nSPS) is 29.2. The van der Waals surface area contributed by atoms with Crippen LogP contribution in [0, 0.1) is 11.3 Å². The average molecular weight is 265 g/mol. The lowest BCUT2D eigenvalue weighted by molar-refractivity contribution is -0.168. The molecular formula is C15H27N3O. The minimum atomic E-state index is 0.277. The summed E-state index contributed by atoms with van der Waals surface area (Å²) in [5, 5.41) is 3.71. The molecule has 1 aromatic rings. The van der Waals surface area contributed by atoms with E-state index >= 15 is 0 Å². The summed E-state index contributed by atoms with van der Waals surface area (Å²) < 4.78 is 7.80. The molecule has 0 saturated heterocycles. The lowest BCUT2D eigenvalue weighted by atomic mass is 9.53. The molecule has 1 aliphatic rings. The van der Waals surface area contributed by atoms with Crippen molar-refractivity contribution in [3.63, 3.8) is 0 Å². The third kappa shape index (κ3) is 2.21. The fourth-order valence-electron chi connectivity index (χ4n) is 3.98.